The number of hydrogen-bond donors (Lipinski definition) is 2. The Kier molecular flexibility index (Phi) is 11.8. The van der Waals surface area contributed by atoms with Gasteiger partial charge in [-0.3, -0.25) is 9.69 Å². The van der Waals surface area contributed by atoms with Crippen molar-refractivity contribution >= 4 is 30.7 Å². The summed E-state index contributed by atoms with van der Waals surface area (Å²) < 4.78 is 0. The van der Waals surface area contributed by atoms with Crippen LogP contribution in [0.5, 0.6) is 0 Å². The third kappa shape index (κ3) is 7.03. The van der Waals surface area contributed by atoms with E-state index in [1.807, 2.05) is 6.92 Å². The van der Waals surface area contributed by atoms with Gasteiger partial charge in [-0.05, 0) is 47.5 Å². The maximum atomic E-state index is 12.3. The van der Waals surface area contributed by atoms with Crippen LogP contribution in [0.3, 0.4) is 0 Å². The van der Waals surface area contributed by atoms with Gasteiger partial charge in [0.2, 0.25) is 5.91 Å². The molecule has 1 aliphatic carbocycles. The van der Waals surface area contributed by atoms with Crippen LogP contribution >= 0.6 is 24.8 Å². The second-order valence-corrected chi connectivity index (χ2v) is 7.02. The highest BCUT2D eigenvalue weighted by atomic mass is 35.5. The molecular formula is C16H35Cl2N3O. The van der Waals surface area contributed by atoms with Crippen LogP contribution in [0, 0.1) is 5.92 Å². The van der Waals surface area contributed by atoms with E-state index in [1.165, 1.54) is 0 Å². The summed E-state index contributed by atoms with van der Waals surface area (Å²) in [5.41, 5.74) is 5.94. The summed E-state index contributed by atoms with van der Waals surface area (Å²) >= 11 is 0. The van der Waals surface area contributed by atoms with Crippen LogP contribution in [0.4, 0.5) is 0 Å². The maximum Gasteiger partial charge on any atom is 0.225 e. The monoisotopic (exact) mass is 355 g/mol. The predicted molar refractivity (Wildman–Crippen MR) is 99.0 cm³/mol. The zero-order chi connectivity index (χ0) is 15.3. The Hall–Kier alpha value is -0.0300. The Bertz CT molecular complexity index is 315. The number of nitrogens with one attached hydrogen (secondary N) is 1. The number of carbonyl (C=O) groups is 1. The number of halogens is 2. The lowest BCUT2D eigenvalue weighted by atomic mass is 9.74. The van der Waals surface area contributed by atoms with E-state index < -0.39 is 0 Å². The molecule has 1 saturated carbocycles. The van der Waals surface area contributed by atoms with Crippen molar-refractivity contribution in [2.75, 3.05) is 13.1 Å². The molecule has 2 atom stereocenters. The van der Waals surface area contributed by atoms with E-state index >= 15 is 0 Å². The van der Waals surface area contributed by atoms with Crippen LogP contribution in [-0.4, -0.2) is 41.5 Å². The van der Waals surface area contributed by atoms with Crippen molar-refractivity contribution in [2.24, 2.45) is 11.7 Å². The normalized spacial score (nSPS) is 24.9. The van der Waals surface area contributed by atoms with Gasteiger partial charge in [0.25, 0.3) is 0 Å². The van der Waals surface area contributed by atoms with Crippen molar-refractivity contribution in [3.8, 4) is 0 Å². The summed E-state index contributed by atoms with van der Waals surface area (Å²) in [7, 11) is 0. The zero-order valence-corrected chi connectivity index (χ0v) is 16.4. The highest BCUT2D eigenvalue weighted by Crippen LogP contribution is 2.31. The molecule has 0 saturated heterocycles. The van der Waals surface area contributed by atoms with Gasteiger partial charge in [-0.15, -0.1) is 24.8 Å². The Balaban J connectivity index is 0. The quantitative estimate of drug-likeness (QED) is 0.769. The largest absolute Gasteiger partial charge is 0.355 e. The molecule has 0 aliphatic heterocycles. The number of amides is 1. The van der Waals surface area contributed by atoms with Crippen molar-refractivity contribution in [3.05, 3.63) is 0 Å². The molecule has 1 aliphatic rings. The van der Waals surface area contributed by atoms with Gasteiger partial charge in [0, 0.05) is 30.7 Å². The number of rotatable bonds is 6. The molecule has 134 valence electrons. The van der Waals surface area contributed by atoms with E-state index in [2.05, 4.69) is 37.9 Å². The van der Waals surface area contributed by atoms with Gasteiger partial charge in [-0.2, -0.15) is 0 Å². The third-order valence-electron chi connectivity index (χ3n) is 4.57. The highest BCUT2D eigenvalue weighted by molar-refractivity contribution is 5.85. The van der Waals surface area contributed by atoms with Gasteiger partial charge in [-0.25, -0.2) is 0 Å². The fraction of sp³-hybridized carbons (Fsp3) is 0.938. The average Bonchev–Trinajstić information content (AvgIpc) is 2.32. The average molecular weight is 356 g/mol. The van der Waals surface area contributed by atoms with Crippen LogP contribution in [0.15, 0.2) is 0 Å². The van der Waals surface area contributed by atoms with Crippen LogP contribution in [0.1, 0.15) is 60.3 Å². The van der Waals surface area contributed by atoms with Crippen molar-refractivity contribution in [1.29, 1.82) is 0 Å². The summed E-state index contributed by atoms with van der Waals surface area (Å²) in [6, 6.07) is 1.00. The SMILES string of the molecule is CC(C)N(CCNC(=O)C1CCCCC1(C)N)C(C)C.Cl.Cl. The molecule has 0 heterocycles. The van der Waals surface area contributed by atoms with Crippen molar-refractivity contribution in [2.45, 2.75) is 77.9 Å². The number of carbonyl (C=O) groups excluding carboxylic acids is 1. The minimum Gasteiger partial charge on any atom is -0.355 e. The minimum absolute atomic E-state index is 0. The molecule has 22 heavy (non-hydrogen) atoms. The molecule has 1 amide bonds. The maximum absolute atomic E-state index is 12.3. The van der Waals surface area contributed by atoms with Crippen LogP contribution in [0.25, 0.3) is 0 Å². The van der Waals surface area contributed by atoms with Gasteiger partial charge in [0.1, 0.15) is 0 Å². The first-order valence-electron chi connectivity index (χ1n) is 8.08. The van der Waals surface area contributed by atoms with Gasteiger partial charge in [0.15, 0.2) is 0 Å². The predicted octanol–water partition coefficient (Wildman–Crippen LogP) is 2.97. The zero-order valence-electron chi connectivity index (χ0n) is 14.7. The number of hydrogen-bond acceptors (Lipinski definition) is 3. The highest BCUT2D eigenvalue weighted by Gasteiger charge is 2.37. The fourth-order valence-corrected chi connectivity index (χ4v) is 3.33. The summed E-state index contributed by atoms with van der Waals surface area (Å²) in [6.45, 7) is 12.4. The summed E-state index contributed by atoms with van der Waals surface area (Å²) in [6.07, 6.45) is 4.15. The lowest BCUT2D eigenvalue weighted by Gasteiger charge is -2.37. The Labute approximate surface area is 148 Å². The molecule has 0 aromatic heterocycles. The van der Waals surface area contributed by atoms with Gasteiger partial charge >= 0.3 is 0 Å². The van der Waals surface area contributed by atoms with Crippen molar-refractivity contribution in [1.82, 2.24) is 10.2 Å². The van der Waals surface area contributed by atoms with E-state index in [9.17, 15) is 4.79 Å². The first kappa shape index (κ1) is 24.2. The molecular weight excluding hydrogens is 321 g/mol. The van der Waals surface area contributed by atoms with Crippen molar-refractivity contribution < 1.29 is 4.79 Å². The lowest BCUT2D eigenvalue weighted by molar-refractivity contribution is -0.128. The second-order valence-electron chi connectivity index (χ2n) is 7.02. The van der Waals surface area contributed by atoms with E-state index in [0.717, 1.165) is 32.2 Å². The van der Waals surface area contributed by atoms with Gasteiger partial charge in [0.05, 0.1) is 5.92 Å². The second kappa shape index (κ2) is 10.7. The topological polar surface area (TPSA) is 58.4 Å². The molecule has 0 radical (unpaired) electrons. The Morgan fingerprint density at radius 1 is 1.23 bits per heavy atom. The molecule has 0 spiro atoms. The third-order valence-corrected chi connectivity index (χ3v) is 4.57. The van der Waals surface area contributed by atoms with E-state index in [1.54, 1.807) is 0 Å². The standard InChI is InChI=1S/C16H33N3O.2ClH/c1-12(2)19(13(3)4)11-10-18-15(20)14-8-6-7-9-16(14,5)17;;/h12-14H,6-11,17H2,1-5H3,(H,18,20);2*1H. The van der Waals surface area contributed by atoms with E-state index in [4.69, 9.17) is 5.73 Å². The van der Waals surface area contributed by atoms with Crippen LogP contribution in [0.2, 0.25) is 0 Å². The van der Waals surface area contributed by atoms with Gasteiger partial charge < -0.3 is 11.1 Å². The molecule has 2 unspecified atom stereocenters. The van der Waals surface area contributed by atoms with E-state index in [0.29, 0.717) is 18.6 Å². The molecule has 0 bridgehead atoms. The van der Waals surface area contributed by atoms with Crippen molar-refractivity contribution in [3.63, 3.8) is 0 Å². The first-order valence-corrected chi connectivity index (χ1v) is 8.08. The van der Waals surface area contributed by atoms with Crippen LogP contribution in [-0.2, 0) is 4.79 Å². The summed E-state index contributed by atoms with van der Waals surface area (Å²) in [5.74, 6) is 0.116. The molecule has 0 aromatic carbocycles. The lowest BCUT2D eigenvalue weighted by Crippen LogP contribution is -2.53. The smallest absolute Gasteiger partial charge is 0.225 e. The Morgan fingerprint density at radius 3 is 2.23 bits per heavy atom. The fourth-order valence-electron chi connectivity index (χ4n) is 3.33. The summed E-state index contributed by atoms with van der Waals surface area (Å²) in [5, 5.41) is 3.09. The minimum atomic E-state index is -0.335. The molecule has 1 rings (SSSR count). The summed E-state index contributed by atoms with van der Waals surface area (Å²) in [4.78, 5) is 14.7. The number of nitrogens with zero attached hydrogens (tertiary/aromatic N) is 1. The van der Waals surface area contributed by atoms with E-state index in [-0.39, 0.29) is 42.2 Å². The molecule has 4 nitrogen and oxygen atoms in total. The number of nitrogens with two attached hydrogens (primary N) is 1. The Morgan fingerprint density at radius 2 is 1.77 bits per heavy atom. The molecule has 3 N–H and O–H groups in total. The molecule has 1 fully saturated rings. The van der Waals surface area contributed by atoms with Crippen LogP contribution < -0.4 is 11.1 Å². The first-order chi connectivity index (χ1) is 9.25. The molecule has 0 aromatic rings. The van der Waals surface area contributed by atoms with Gasteiger partial charge in [-0.1, -0.05) is 12.8 Å². The molecule has 6 heteroatoms.